The van der Waals surface area contributed by atoms with Gasteiger partial charge in [0.15, 0.2) is 5.78 Å². The zero-order valence-electron chi connectivity index (χ0n) is 16.6. The smallest absolute Gasteiger partial charge is 0.263 e. The Morgan fingerprint density at radius 2 is 1.42 bits per heavy atom. The molecule has 0 spiro atoms. The van der Waals surface area contributed by atoms with Crippen molar-refractivity contribution in [2.24, 2.45) is 0 Å². The summed E-state index contributed by atoms with van der Waals surface area (Å²) in [7, 11) is 0. The Bertz CT molecular complexity index is 1420. The standard InChI is InChI=1S/C26H18N2O2S/c29-23(21-13-11-19(12-14-21)18-7-3-1-4-8-18)15-28-17-27-25-24(26(28)30)22(16-31-25)20-9-5-2-6-10-20/h1-14,16-17H,15H2. The number of thiophene rings is 1. The molecule has 5 heteroatoms. The fourth-order valence-electron chi connectivity index (χ4n) is 3.64. The number of ketones is 1. The van der Waals surface area contributed by atoms with Crippen LogP contribution in [0.25, 0.3) is 32.5 Å². The number of Topliss-reactive ketones (excluding diaryl/α,β-unsaturated/α-hetero) is 1. The molecule has 0 aliphatic carbocycles. The van der Waals surface area contributed by atoms with Crippen LogP contribution >= 0.6 is 11.3 Å². The van der Waals surface area contributed by atoms with E-state index in [4.69, 9.17) is 0 Å². The summed E-state index contributed by atoms with van der Waals surface area (Å²) in [4.78, 5) is 31.1. The molecule has 0 atom stereocenters. The van der Waals surface area contributed by atoms with Gasteiger partial charge in [-0.05, 0) is 16.7 Å². The van der Waals surface area contributed by atoms with Crippen molar-refractivity contribution < 1.29 is 4.79 Å². The van der Waals surface area contributed by atoms with Crippen molar-refractivity contribution in [3.8, 4) is 22.3 Å². The van der Waals surface area contributed by atoms with Crippen molar-refractivity contribution in [1.29, 1.82) is 0 Å². The molecule has 31 heavy (non-hydrogen) atoms. The summed E-state index contributed by atoms with van der Waals surface area (Å²) in [5.74, 6) is -0.126. The maximum absolute atomic E-state index is 13.2. The maximum atomic E-state index is 13.2. The van der Waals surface area contributed by atoms with Crippen LogP contribution < -0.4 is 5.56 Å². The Hall–Kier alpha value is -3.83. The average molecular weight is 423 g/mol. The first-order valence-electron chi connectivity index (χ1n) is 9.91. The highest BCUT2D eigenvalue weighted by atomic mass is 32.1. The van der Waals surface area contributed by atoms with Gasteiger partial charge >= 0.3 is 0 Å². The van der Waals surface area contributed by atoms with Gasteiger partial charge in [-0.2, -0.15) is 0 Å². The third-order valence-corrected chi connectivity index (χ3v) is 6.16. The molecule has 0 unspecified atom stereocenters. The molecule has 0 N–H and O–H groups in total. The maximum Gasteiger partial charge on any atom is 0.263 e. The molecule has 0 aliphatic rings. The molecule has 0 radical (unpaired) electrons. The van der Waals surface area contributed by atoms with Gasteiger partial charge in [-0.1, -0.05) is 84.9 Å². The van der Waals surface area contributed by atoms with Crippen LogP contribution in [0, 0.1) is 0 Å². The van der Waals surface area contributed by atoms with E-state index in [0.717, 1.165) is 22.3 Å². The highest BCUT2D eigenvalue weighted by Crippen LogP contribution is 2.30. The molecule has 0 fully saturated rings. The number of nitrogens with zero attached hydrogens (tertiary/aromatic N) is 2. The SMILES string of the molecule is O=C(Cn1cnc2scc(-c3ccccc3)c2c1=O)c1ccc(-c2ccccc2)cc1. The normalized spacial score (nSPS) is 11.0. The molecule has 5 rings (SSSR count). The van der Waals surface area contributed by atoms with E-state index in [9.17, 15) is 9.59 Å². The number of hydrogen-bond acceptors (Lipinski definition) is 4. The minimum atomic E-state index is -0.195. The second-order valence-corrected chi connectivity index (χ2v) is 8.10. The Morgan fingerprint density at radius 3 is 2.10 bits per heavy atom. The molecule has 0 saturated heterocycles. The molecule has 5 aromatic rings. The first-order chi connectivity index (χ1) is 15.2. The topological polar surface area (TPSA) is 52.0 Å². The Kier molecular flexibility index (Phi) is 5.02. The lowest BCUT2D eigenvalue weighted by Gasteiger charge is -2.07. The molecule has 0 bridgehead atoms. The van der Waals surface area contributed by atoms with E-state index < -0.39 is 0 Å². The molecule has 0 aliphatic heterocycles. The quantitative estimate of drug-likeness (QED) is 0.343. The Labute approximate surface area is 183 Å². The van der Waals surface area contributed by atoms with Crippen LogP contribution in [0.5, 0.6) is 0 Å². The van der Waals surface area contributed by atoms with Crippen LogP contribution in [-0.2, 0) is 6.54 Å². The lowest BCUT2D eigenvalue weighted by Crippen LogP contribution is -2.24. The molecular formula is C26H18N2O2S. The van der Waals surface area contributed by atoms with Gasteiger partial charge in [-0.3, -0.25) is 14.2 Å². The van der Waals surface area contributed by atoms with Crippen molar-refractivity contribution >= 4 is 27.3 Å². The number of fused-ring (bicyclic) bond motifs is 1. The lowest BCUT2D eigenvalue weighted by molar-refractivity contribution is 0.0970. The largest absolute Gasteiger partial charge is 0.292 e. The molecular weight excluding hydrogens is 404 g/mol. The first kappa shape index (κ1) is 19.2. The molecule has 150 valence electrons. The first-order valence-corrected chi connectivity index (χ1v) is 10.8. The van der Waals surface area contributed by atoms with Crippen LogP contribution in [0.4, 0.5) is 0 Å². The van der Waals surface area contributed by atoms with E-state index in [1.54, 1.807) is 0 Å². The molecule has 2 aromatic heterocycles. The van der Waals surface area contributed by atoms with Gasteiger partial charge in [-0.25, -0.2) is 4.98 Å². The van der Waals surface area contributed by atoms with Gasteiger partial charge in [-0.15, -0.1) is 11.3 Å². The predicted octanol–water partition coefficient (Wildman–Crippen LogP) is 5.67. The highest BCUT2D eigenvalue weighted by molar-refractivity contribution is 7.17. The van der Waals surface area contributed by atoms with Gasteiger partial charge in [0.2, 0.25) is 0 Å². The highest BCUT2D eigenvalue weighted by Gasteiger charge is 2.15. The summed E-state index contributed by atoms with van der Waals surface area (Å²) >= 11 is 1.44. The second kappa shape index (κ2) is 8.13. The molecule has 0 amide bonds. The van der Waals surface area contributed by atoms with Crippen LogP contribution in [0.3, 0.4) is 0 Å². The van der Waals surface area contributed by atoms with Crippen LogP contribution in [0.15, 0.2) is 101 Å². The number of hydrogen-bond donors (Lipinski definition) is 0. The van der Waals surface area contributed by atoms with E-state index in [1.165, 1.54) is 22.2 Å². The Balaban J connectivity index is 1.45. The number of rotatable bonds is 5. The average Bonchev–Trinajstić information content (AvgIpc) is 3.27. The summed E-state index contributed by atoms with van der Waals surface area (Å²) in [5.41, 5.74) is 4.33. The van der Waals surface area contributed by atoms with Crippen molar-refractivity contribution in [3.05, 3.63) is 113 Å². The molecule has 3 aromatic carbocycles. The summed E-state index contributed by atoms with van der Waals surface area (Å²) in [6.07, 6.45) is 1.46. The zero-order chi connectivity index (χ0) is 21.2. The summed E-state index contributed by atoms with van der Waals surface area (Å²) < 4.78 is 1.40. The second-order valence-electron chi connectivity index (χ2n) is 7.24. The molecule has 2 heterocycles. The fraction of sp³-hybridized carbons (Fsp3) is 0.0385. The van der Waals surface area contributed by atoms with E-state index in [1.807, 2.05) is 90.3 Å². The van der Waals surface area contributed by atoms with Crippen molar-refractivity contribution in [2.45, 2.75) is 6.54 Å². The van der Waals surface area contributed by atoms with Gasteiger partial charge in [0.05, 0.1) is 18.3 Å². The van der Waals surface area contributed by atoms with Crippen LogP contribution in [-0.4, -0.2) is 15.3 Å². The van der Waals surface area contributed by atoms with E-state index in [-0.39, 0.29) is 17.9 Å². The Morgan fingerprint density at radius 1 is 0.806 bits per heavy atom. The number of aromatic nitrogens is 2. The van der Waals surface area contributed by atoms with Gasteiger partial charge < -0.3 is 0 Å². The van der Waals surface area contributed by atoms with Crippen LogP contribution in [0.2, 0.25) is 0 Å². The summed E-state index contributed by atoms with van der Waals surface area (Å²) in [5, 5.41) is 2.51. The fourth-order valence-corrected chi connectivity index (χ4v) is 4.54. The van der Waals surface area contributed by atoms with E-state index in [0.29, 0.717) is 15.8 Å². The predicted molar refractivity (Wildman–Crippen MR) is 126 cm³/mol. The monoisotopic (exact) mass is 422 g/mol. The summed E-state index contributed by atoms with van der Waals surface area (Å²) in [6, 6.07) is 27.2. The van der Waals surface area contributed by atoms with Gasteiger partial charge in [0.1, 0.15) is 4.83 Å². The van der Waals surface area contributed by atoms with E-state index in [2.05, 4.69) is 4.98 Å². The lowest BCUT2D eigenvalue weighted by atomic mass is 10.0. The molecule has 4 nitrogen and oxygen atoms in total. The number of benzene rings is 3. The van der Waals surface area contributed by atoms with Gasteiger partial charge in [0, 0.05) is 16.5 Å². The number of carbonyl (C=O) groups excluding carboxylic acids is 1. The summed E-state index contributed by atoms with van der Waals surface area (Å²) in [6.45, 7) is -0.0451. The van der Waals surface area contributed by atoms with Crippen LogP contribution in [0.1, 0.15) is 10.4 Å². The third kappa shape index (κ3) is 3.71. The van der Waals surface area contributed by atoms with E-state index >= 15 is 0 Å². The third-order valence-electron chi connectivity index (χ3n) is 5.27. The van der Waals surface area contributed by atoms with Crippen molar-refractivity contribution in [2.75, 3.05) is 0 Å². The van der Waals surface area contributed by atoms with Crippen molar-refractivity contribution in [3.63, 3.8) is 0 Å². The molecule has 0 saturated carbocycles. The zero-order valence-corrected chi connectivity index (χ0v) is 17.4. The van der Waals surface area contributed by atoms with Crippen molar-refractivity contribution in [1.82, 2.24) is 9.55 Å². The number of carbonyl (C=O) groups is 1. The minimum absolute atomic E-state index is 0.0451. The minimum Gasteiger partial charge on any atom is -0.292 e. The van der Waals surface area contributed by atoms with Gasteiger partial charge in [0.25, 0.3) is 5.56 Å².